The number of allylic oxidation sites excluding steroid dienone is 9. The van der Waals surface area contributed by atoms with Crippen molar-refractivity contribution in [3.63, 3.8) is 0 Å². The number of carbonyl (C=O) groups excluding carboxylic acids is 3. The number of ether oxygens (including phenoxy) is 3. The number of nitrogens with zero attached hydrogens (tertiary/aromatic N) is 1. The fourth-order valence-corrected chi connectivity index (χ4v) is 8.11. The van der Waals surface area contributed by atoms with Crippen molar-refractivity contribution in [2.75, 3.05) is 33.9 Å². The Morgan fingerprint density at radius 3 is 1.81 bits per heavy atom. The number of rotatable bonds is 22. The molecule has 10 heteroatoms. The Bertz CT molecular complexity index is 1770. The lowest BCUT2D eigenvalue weighted by molar-refractivity contribution is -0.140. The van der Waals surface area contributed by atoms with Crippen LogP contribution in [0.15, 0.2) is 82.9 Å². The number of likely N-dealkylation sites (N-methyl/N-ethyl adjacent to an activating group) is 1. The maximum atomic E-state index is 12.5. The maximum absolute atomic E-state index is 12.5. The monoisotopic (exact) mass is 874 g/mol. The maximum Gasteiger partial charge on any atom is 0.337 e. The van der Waals surface area contributed by atoms with E-state index in [-0.39, 0.29) is 47.7 Å². The SMILES string of the molecule is C#C.C=C(C)C1CCC(C)=CC1C(/C(=C\CCCCCC)OC(=O)CN(C)C)=C(\O)CC.C=C(C)C1CCC(C)=CC1c1c(OC(=O)CO)cc(CCCCC)cc1OC(=O)CO. The summed E-state index contributed by atoms with van der Waals surface area (Å²) in [6.07, 6.45) is 27.9. The van der Waals surface area contributed by atoms with Gasteiger partial charge in [0, 0.05) is 29.4 Å². The van der Waals surface area contributed by atoms with Crippen LogP contribution in [0.1, 0.15) is 149 Å². The summed E-state index contributed by atoms with van der Waals surface area (Å²) >= 11 is 0. The summed E-state index contributed by atoms with van der Waals surface area (Å²) < 4.78 is 16.9. The number of esters is 3. The van der Waals surface area contributed by atoms with Crippen molar-refractivity contribution in [2.45, 2.75) is 144 Å². The molecule has 2 aliphatic rings. The first-order chi connectivity index (χ1) is 30.0. The van der Waals surface area contributed by atoms with Crippen LogP contribution in [0.5, 0.6) is 11.5 Å². The molecular formula is C53H79NO9. The smallest absolute Gasteiger partial charge is 0.337 e. The third kappa shape index (κ3) is 19.3. The predicted molar refractivity (Wildman–Crippen MR) is 255 cm³/mol. The standard InChI is InChI=1S/C26H43NO3.C25H34O6.C2H2/c1-8-10-11-12-13-14-24(30-25(29)18-27(6)7)26(23(28)9-2)22-17-20(5)15-16-21(22)19(3)4;1-5-6-7-8-18-12-21(30-23(28)14-26)25(22(13-18)31-24(29)15-27)20-11-17(4)9-10-19(20)16(2)3;1-2/h14,17,21-22,28H,3,8-13,15-16,18H2,1-2,4-7H3;11-13,19-20,26-27H,2,5-10,14-15H2,1,3-4H3;1-2H/b24-14+,26-23+;;. The molecule has 0 radical (unpaired) electrons. The Morgan fingerprint density at radius 2 is 1.32 bits per heavy atom. The lowest BCUT2D eigenvalue weighted by Gasteiger charge is -2.33. The van der Waals surface area contributed by atoms with Crippen molar-refractivity contribution in [2.24, 2.45) is 17.8 Å². The molecule has 0 aromatic heterocycles. The lowest BCUT2D eigenvalue weighted by atomic mass is 9.73. The predicted octanol–water partition coefficient (Wildman–Crippen LogP) is 11.2. The molecule has 63 heavy (non-hydrogen) atoms. The van der Waals surface area contributed by atoms with Gasteiger partial charge in [0.1, 0.15) is 30.5 Å². The van der Waals surface area contributed by atoms with Crippen molar-refractivity contribution in [1.29, 1.82) is 0 Å². The van der Waals surface area contributed by atoms with E-state index in [1.54, 1.807) is 17.0 Å². The molecule has 0 saturated heterocycles. The normalized spacial score (nSPS) is 18.9. The molecule has 0 aliphatic heterocycles. The highest BCUT2D eigenvalue weighted by Gasteiger charge is 2.34. The minimum atomic E-state index is -0.783. The number of hydrogen-bond acceptors (Lipinski definition) is 10. The minimum Gasteiger partial charge on any atom is -0.512 e. The molecule has 0 fully saturated rings. The number of aliphatic hydroxyl groups is 3. The van der Waals surface area contributed by atoms with E-state index in [1.807, 2.05) is 40.9 Å². The summed E-state index contributed by atoms with van der Waals surface area (Å²) in [5.74, 6) is -0.416. The second-order valence-electron chi connectivity index (χ2n) is 17.1. The Kier molecular flexibility index (Phi) is 27.2. The van der Waals surface area contributed by atoms with Crippen LogP contribution in [0.25, 0.3) is 0 Å². The van der Waals surface area contributed by atoms with Crippen molar-refractivity contribution >= 4 is 17.9 Å². The van der Waals surface area contributed by atoms with Crippen molar-refractivity contribution in [3.05, 3.63) is 94.0 Å². The number of carbonyl (C=O) groups is 3. The van der Waals surface area contributed by atoms with E-state index in [1.165, 1.54) is 24.0 Å². The van der Waals surface area contributed by atoms with Crippen molar-refractivity contribution < 1.29 is 43.9 Å². The van der Waals surface area contributed by atoms with Gasteiger partial charge in [0.2, 0.25) is 0 Å². The number of hydrogen-bond donors (Lipinski definition) is 3. The fourth-order valence-electron chi connectivity index (χ4n) is 8.11. The first kappa shape index (κ1) is 56.3. The number of unbranched alkanes of at least 4 members (excludes halogenated alkanes) is 6. The van der Waals surface area contributed by atoms with Crippen molar-refractivity contribution in [1.82, 2.24) is 4.90 Å². The molecule has 10 nitrogen and oxygen atoms in total. The van der Waals surface area contributed by atoms with Crippen LogP contribution in [0.3, 0.4) is 0 Å². The molecule has 4 unspecified atom stereocenters. The lowest BCUT2D eigenvalue weighted by Crippen LogP contribution is -2.27. The van der Waals surface area contributed by atoms with E-state index in [4.69, 9.17) is 14.2 Å². The Labute approximate surface area is 379 Å². The van der Waals surface area contributed by atoms with Gasteiger partial charge >= 0.3 is 17.9 Å². The van der Waals surface area contributed by atoms with Gasteiger partial charge in [0.05, 0.1) is 12.3 Å². The average molecular weight is 874 g/mol. The van der Waals surface area contributed by atoms with Gasteiger partial charge in [-0.2, -0.15) is 0 Å². The van der Waals surface area contributed by atoms with Crippen LogP contribution in [0.4, 0.5) is 0 Å². The molecule has 3 N–H and O–H groups in total. The highest BCUT2D eigenvalue weighted by Crippen LogP contribution is 2.48. The van der Waals surface area contributed by atoms with Crippen molar-refractivity contribution in [3.8, 4) is 24.3 Å². The van der Waals surface area contributed by atoms with Gasteiger partial charge in [-0.1, -0.05) is 100 Å². The van der Waals surface area contributed by atoms with E-state index in [0.29, 0.717) is 23.5 Å². The zero-order valence-electron chi connectivity index (χ0n) is 40.0. The molecule has 4 atom stereocenters. The first-order valence-electron chi connectivity index (χ1n) is 22.8. The first-order valence-corrected chi connectivity index (χ1v) is 22.8. The molecule has 0 spiro atoms. The Morgan fingerprint density at radius 1 is 0.794 bits per heavy atom. The molecule has 2 aliphatic carbocycles. The van der Waals surface area contributed by atoms with E-state index < -0.39 is 25.2 Å². The van der Waals surface area contributed by atoms with Gasteiger partial charge in [-0.05, 0) is 129 Å². The summed E-state index contributed by atoms with van der Waals surface area (Å²) in [5.41, 5.74) is 6.77. The molecule has 1 aromatic carbocycles. The molecule has 0 saturated carbocycles. The third-order valence-electron chi connectivity index (χ3n) is 11.3. The summed E-state index contributed by atoms with van der Waals surface area (Å²) in [6.45, 7) is 21.5. The number of benzene rings is 1. The second kappa shape index (κ2) is 30.4. The summed E-state index contributed by atoms with van der Waals surface area (Å²) in [5, 5.41) is 29.5. The molecule has 3 rings (SSSR count). The van der Waals surface area contributed by atoms with E-state index in [2.05, 4.69) is 65.9 Å². The summed E-state index contributed by atoms with van der Waals surface area (Å²) in [7, 11) is 3.69. The quantitative estimate of drug-likeness (QED) is 0.0196. The van der Waals surface area contributed by atoms with Gasteiger partial charge in [0.25, 0.3) is 0 Å². The van der Waals surface area contributed by atoms with Gasteiger partial charge in [-0.3, -0.25) is 9.69 Å². The molecular weight excluding hydrogens is 795 g/mol. The van der Waals surface area contributed by atoms with Gasteiger partial charge < -0.3 is 29.5 Å². The Hall–Kier alpha value is -4.69. The summed E-state index contributed by atoms with van der Waals surface area (Å²) in [6, 6.07) is 3.59. The van der Waals surface area contributed by atoms with E-state index >= 15 is 0 Å². The molecule has 1 aromatic rings. The zero-order chi connectivity index (χ0) is 47.6. The van der Waals surface area contributed by atoms with E-state index in [0.717, 1.165) is 92.9 Å². The molecule has 0 bridgehead atoms. The highest BCUT2D eigenvalue weighted by atomic mass is 16.6. The van der Waals surface area contributed by atoms with Gasteiger partial charge in [0.15, 0.2) is 0 Å². The van der Waals surface area contributed by atoms with Crippen LogP contribution in [0.2, 0.25) is 0 Å². The zero-order valence-corrected chi connectivity index (χ0v) is 40.0. The van der Waals surface area contributed by atoms with Crippen LogP contribution >= 0.6 is 0 Å². The molecule has 0 amide bonds. The van der Waals surface area contributed by atoms with Crippen LogP contribution in [-0.4, -0.2) is 72.0 Å². The van der Waals surface area contributed by atoms with Gasteiger partial charge in [-0.25, -0.2) is 9.59 Å². The largest absolute Gasteiger partial charge is 0.512 e. The van der Waals surface area contributed by atoms with Gasteiger partial charge in [-0.15, -0.1) is 12.8 Å². The number of aryl methyl sites for hydroxylation is 1. The van der Waals surface area contributed by atoms with Crippen LogP contribution in [0, 0.1) is 30.6 Å². The number of aliphatic hydroxyl groups excluding tert-OH is 3. The average Bonchev–Trinajstić information content (AvgIpc) is 3.23. The van der Waals surface area contributed by atoms with Crippen LogP contribution < -0.4 is 9.47 Å². The highest BCUT2D eigenvalue weighted by molar-refractivity contribution is 5.77. The minimum absolute atomic E-state index is 0.0229. The van der Waals surface area contributed by atoms with E-state index in [9.17, 15) is 29.7 Å². The van der Waals surface area contributed by atoms with Crippen LogP contribution in [-0.2, 0) is 25.5 Å². The molecule has 350 valence electrons. The Balaban J connectivity index is 0.000000607. The summed E-state index contributed by atoms with van der Waals surface area (Å²) in [4.78, 5) is 38.3. The topological polar surface area (TPSA) is 143 Å². The number of terminal acetylenes is 1. The fraction of sp³-hybridized carbons (Fsp3) is 0.566. The third-order valence-corrected chi connectivity index (χ3v) is 11.3. The molecule has 0 heterocycles. The second-order valence-corrected chi connectivity index (χ2v) is 17.1.